The quantitative estimate of drug-likeness (QED) is 0.272. The number of anilines is 3. The number of benzene rings is 4. The summed E-state index contributed by atoms with van der Waals surface area (Å²) >= 11 is 3.33. The number of rotatable bonds is 7. The fraction of sp³-hybridized carbons (Fsp3) is 0. The van der Waals surface area contributed by atoms with E-state index in [0.717, 1.165) is 4.47 Å². The molecule has 0 aromatic heterocycles. The summed E-state index contributed by atoms with van der Waals surface area (Å²) in [6.45, 7) is 0. The average Bonchev–Trinajstić information content (AvgIpc) is 2.87. The Hall–Kier alpha value is -3.95. The molecular weight excluding hydrogens is 530 g/mol. The molecular formula is C26H20BrN3O4S. The molecule has 2 amide bonds. The second-order valence-electron chi connectivity index (χ2n) is 7.49. The van der Waals surface area contributed by atoms with Gasteiger partial charge in [-0.3, -0.25) is 14.3 Å². The molecule has 0 atom stereocenters. The Balaban J connectivity index is 1.43. The van der Waals surface area contributed by atoms with E-state index in [-0.39, 0.29) is 16.4 Å². The van der Waals surface area contributed by atoms with Crippen LogP contribution in [0.1, 0.15) is 20.7 Å². The molecule has 35 heavy (non-hydrogen) atoms. The van der Waals surface area contributed by atoms with E-state index in [4.69, 9.17) is 0 Å². The molecule has 0 saturated carbocycles. The number of sulfonamides is 1. The SMILES string of the molecule is O=C(Nc1ccc(NS(=O)(=O)c2cccc(C(=O)Nc3ccc(Br)cc3)c2)cc1)c1ccccc1. The highest BCUT2D eigenvalue weighted by Crippen LogP contribution is 2.21. The molecule has 0 aliphatic heterocycles. The van der Waals surface area contributed by atoms with Crippen molar-refractivity contribution in [2.24, 2.45) is 0 Å². The van der Waals surface area contributed by atoms with E-state index < -0.39 is 15.9 Å². The normalized spacial score (nSPS) is 10.9. The first-order chi connectivity index (χ1) is 16.8. The second-order valence-corrected chi connectivity index (χ2v) is 10.1. The Morgan fingerprint density at radius 1 is 0.600 bits per heavy atom. The second kappa shape index (κ2) is 10.5. The minimum absolute atomic E-state index is 0.0533. The van der Waals surface area contributed by atoms with Gasteiger partial charge >= 0.3 is 0 Å². The van der Waals surface area contributed by atoms with Crippen molar-refractivity contribution in [2.75, 3.05) is 15.4 Å². The lowest BCUT2D eigenvalue weighted by molar-refractivity contribution is 0.101. The standard InChI is InChI=1S/C26H20BrN3O4S/c27-20-9-11-21(12-10-20)29-26(32)19-7-4-8-24(17-19)35(33,34)30-23-15-13-22(14-16-23)28-25(31)18-5-2-1-3-6-18/h1-17,30H,(H,28,31)(H,29,32). The summed E-state index contributed by atoms with van der Waals surface area (Å²) in [7, 11) is -3.95. The highest BCUT2D eigenvalue weighted by atomic mass is 79.9. The van der Waals surface area contributed by atoms with Gasteiger partial charge < -0.3 is 10.6 Å². The lowest BCUT2D eigenvalue weighted by Gasteiger charge is -2.11. The first-order valence-electron chi connectivity index (χ1n) is 10.5. The number of carbonyl (C=O) groups is 2. The van der Waals surface area contributed by atoms with E-state index >= 15 is 0 Å². The van der Waals surface area contributed by atoms with Gasteiger partial charge in [-0.15, -0.1) is 0 Å². The largest absolute Gasteiger partial charge is 0.322 e. The summed E-state index contributed by atoms with van der Waals surface area (Å²) in [5.74, 6) is -0.694. The molecule has 0 radical (unpaired) electrons. The minimum atomic E-state index is -3.95. The van der Waals surface area contributed by atoms with Gasteiger partial charge in [0.1, 0.15) is 0 Å². The van der Waals surface area contributed by atoms with Gasteiger partial charge in [-0.25, -0.2) is 8.42 Å². The van der Waals surface area contributed by atoms with E-state index in [1.165, 1.54) is 24.3 Å². The third-order valence-electron chi connectivity index (χ3n) is 4.94. The zero-order valence-electron chi connectivity index (χ0n) is 18.2. The van der Waals surface area contributed by atoms with E-state index in [2.05, 4.69) is 31.3 Å². The third kappa shape index (κ3) is 6.34. The van der Waals surface area contributed by atoms with Crippen LogP contribution in [-0.4, -0.2) is 20.2 Å². The van der Waals surface area contributed by atoms with Crippen LogP contribution < -0.4 is 15.4 Å². The van der Waals surface area contributed by atoms with Crippen LogP contribution in [0.25, 0.3) is 0 Å². The Kier molecular flexibility index (Phi) is 7.28. The Labute approximate surface area is 211 Å². The molecule has 0 aliphatic carbocycles. The van der Waals surface area contributed by atoms with Crippen LogP contribution in [0.4, 0.5) is 17.1 Å². The van der Waals surface area contributed by atoms with Gasteiger partial charge in [-0.2, -0.15) is 0 Å². The maximum atomic E-state index is 12.9. The van der Waals surface area contributed by atoms with Crippen molar-refractivity contribution in [1.82, 2.24) is 0 Å². The van der Waals surface area contributed by atoms with Crippen LogP contribution in [0, 0.1) is 0 Å². The van der Waals surface area contributed by atoms with E-state index in [1.807, 2.05) is 6.07 Å². The molecule has 7 nitrogen and oxygen atoms in total. The summed E-state index contributed by atoms with van der Waals surface area (Å²) in [5.41, 5.74) is 2.14. The summed E-state index contributed by atoms with van der Waals surface area (Å²) < 4.78 is 29.2. The number of amides is 2. The first-order valence-corrected chi connectivity index (χ1v) is 12.7. The van der Waals surface area contributed by atoms with Crippen LogP contribution in [-0.2, 0) is 10.0 Å². The molecule has 0 fully saturated rings. The van der Waals surface area contributed by atoms with Crippen molar-refractivity contribution >= 4 is 54.8 Å². The summed E-state index contributed by atoms with van der Waals surface area (Å²) in [6.07, 6.45) is 0. The Morgan fingerprint density at radius 2 is 1.11 bits per heavy atom. The van der Waals surface area contributed by atoms with Crippen LogP contribution >= 0.6 is 15.9 Å². The Morgan fingerprint density at radius 3 is 1.74 bits per heavy atom. The smallest absolute Gasteiger partial charge is 0.261 e. The van der Waals surface area contributed by atoms with Crippen molar-refractivity contribution in [3.63, 3.8) is 0 Å². The maximum Gasteiger partial charge on any atom is 0.261 e. The fourth-order valence-electron chi connectivity index (χ4n) is 3.17. The van der Waals surface area contributed by atoms with Gasteiger partial charge in [0.05, 0.1) is 4.90 Å². The van der Waals surface area contributed by atoms with Gasteiger partial charge in [0.2, 0.25) is 0 Å². The van der Waals surface area contributed by atoms with Gasteiger partial charge in [-0.05, 0) is 78.9 Å². The van der Waals surface area contributed by atoms with Gasteiger partial charge in [0, 0.05) is 32.7 Å². The van der Waals surface area contributed by atoms with Crippen LogP contribution in [0.2, 0.25) is 0 Å². The van der Waals surface area contributed by atoms with Crippen molar-refractivity contribution in [2.45, 2.75) is 4.90 Å². The topological polar surface area (TPSA) is 104 Å². The van der Waals surface area contributed by atoms with Crippen molar-refractivity contribution in [3.05, 3.63) is 119 Å². The summed E-state index contributed by atoms with van der Waals surface area (Å²) in [5, 5.41) is 5.50. The van der Waals surface area contributed by atoms with Crippen molar-refractivity contribution < 1.29 is 18.0 Å². The molecule has 176 valence electrons. The number of nitrogens with one attached hydrogen (secondary N) is 3. The predicted molar refractivity (Wildman–Crippen MR) is 140 cm³/mol. The molecule has 4 rings (SSSR count). The molecule has 4 aromatic rings. The van der Waals surface area contributed by atoms with Gasteiger partial charge in [-0.1, -0.05) is 40.2 Å². The summed E-state index contributed by atoms with van der Waals surface area (Å²) in [4.78, 5) is 24.8. The van der Waals surface area contributed by atoms with Crippen molar-refractivity contribution in [3.8, 4) is 0 Å². The maximum absolute atomic E-state index is 12.9. The molecule has 4 aromatic carbocycles. The van der Waals surface area contributed by atoms with Crippen LogP contribution in [0.15, 0.2) is 112 Å². The van der Waals surface area contributed by atoms with Gasteiger partial charge in [0.15, 0.2) is 0 Å². The molecule has 9 heteroatoms. The molecule has 0 saturated heterocycles. The monoisotopic (exact) mass is 549 g/mol. The predicted octanol–water partition coefficient (Wildman–Crippen LogP) is 5.75. The molecule has 0 aliphatic rings. The molecule has 0 unspecified atom stereocenters. The molecule has 0 heterocycles. The van der Waals surface area contributed by atoms with Crippen LogP contribution in [0.5, 0.6) is 0 Å². The van der Waals surface area contributed by atoms with Crippen molar-refractivity contribution in [1.29, 1.82) is 0 Å². The zero-order chi connectivity index (χ0) is 24.8. The van der Waals surface area contributed by atoms with E-state index in [9.17, 15) is 18.0 Å². The molecule has 0 spiro atoms. The lowest BCUT2D eigenvalue weighted by Crippen LogP contribution is -2.16. The molecule has 3 N–H and O–H groups in total. The zero-order valence-corrected chi connectivity index (χ0v) is 20.6. The van der Waals surface area contributed by atoms with E-state index in [0.29, 0.717) is 22.6 Å². The highest BCUT2D eigenvalue weighted by molar-refractivity contribution is 9.10. The van der Waals surface area contributed by atoms with E-state index in [1.54, 1.807) is 72.8 Å². The Bertz CT molecular complexity index is 1460. The number of hydrogen-bond acceptors (Lipinski definition) is 4. The fourth-order valence-corrected chi connectivity index (χ4v) is 4.54. The van der Waals surface area contributed by atoms with Crippen LogP contribution in [0.3, 0.4) is 0 Å². The first kappa shape index (κ1) is 24.2. The van der Waals surface area contributed by atoms with Gasteiger partial charge in [0.25, 0.3) is 21.8 Å². The highest BCUT2D eigenvalue weighted by Gasteiger charge is 2.17. The number of halogens is 1. The summed E-state index contributed by atoms with van der Waals surface area (Å²) in [6, 6.07) is 27.9. The number of carbonyl (C=O) groups excluding carboxylic acids is 2. The molecule has 0 bridgehead atoms. The third-order valence-corrected chi connectivity index (χ3v) is 6.85. The minimum Gasteiger partial charge on any atom is -0.322 e. The number of hydrogen-bond donors (Lipinski definition) is 3. The average molecular weight is 550 g/mol. The lowest BCUT2D eigenvalue weighted by atomic mass is 10.2.